The van der Waals surface area contributed by atoms with Crippen molar-refractivity contribution in [3.63, 3.8) is 0 Å². The summed E-state index contributed by atoms with van der Waals surface area (Å²) in [5.41, 5.74) is 9.61. The van der Waals surface area contributed by atoms with Crippen LogP contribution in [0.25, 0.3) is 67.1 Å². The zero-order chi connectivity index (χ0) is 27.9. The molecule has 0 unspecified atom stereocenters. The third kappa shape index (κ3) is 2.77. The maximum atomic E-state index is 10.1. The minimum atomic E-state index is 0.296. The first-order valence-corrected chi connectivity index (χ1v) is 13.5. The smallest absolute Gasteiger partial charge is 0.220 e. The molecule has 42 heavy (non-hydrogen) atoms. The molecular weight excluding hydrogens is 520 g/mol. The summed E-state index contributed by atoms with van der Waals surface area (Å²) < 4.78 is 8.46. The van der Waals surface area contributed by atoms with Crippen LogP contribution in [0.15, 0.2) is 109 Å². The van der Waals surface area contributed by atoms with Gasteiger partial charge in [-0.1, -0.05) is 48.5 Å². The Morgan fingerprint density at radius 2 is 0.810 bits per heavy atom. The topological polar surface area (TPSA) is 92.0 Å². The SMILES string of the molecule is N#Cc1cc(-n2c3ccccc3n3c4ccccc4nc23)c(-n2c3ccccc3n3c4ccccc4nc23)cc1C#N. The number of aromatic nitrogens is 6. The first-order chi connectivity index (χ1) is 20.8. The van der Waals surface area contributed by atoms with Crippen LogP contribution >= 0.6 is 0 Å². The van der Waals surface area contributed by atoms with Crippen LogP contribution in [0.2, 0.25) is 0 Å². The molecule has 8 heteroatoms. The fourth-order valence-corrected chi connectivity index (χ4v) is 6.30. The third-order valence-corrected chi connectivity index (χ3v) is 8.05. The van der Waals surface area contributed by atoms with Crippen LogP contribution in [-0.2, 0) is 0 Å². The first-order valence-electron chi connectivity index (χ1n) is 13.5. The van der Waals surface area contributed by atoms with Crippen LogP contribution in [0, 0.1) is 22.7 Å². The van der Waals surface area contributed by atoms with Gasteiger partial charge in [-0.05, 0) is 60.7 Å². The number of hydrogen-bond acceptors (Lipinski definition) is 4. The van der Waals surface area contributed by atoms with Crippen molar-refractivity contribution in [1.29, 1.82) is 10.5 Å². The number of rotatable bonds is 2. The molecule has 0 radical (unpaired) electrons. The minimum absolute atomic E-state index is 0.296. The predicted molar refractivity (Wildman–Crippen MR) is 162 cm³/mol. The molecule has 0 atom stereocenters. The van der Waals surface area contributed by atoms with Gasteiger partial charge in [0.1, 0.15) is 12.1 Å². The van der Waals surface area contributed by atoms with E-state index < -0.39 is 0 Å². The summed E-state index contributed by atoms with van der Waals surface area (Å²) >= 11 is 0. The average Bonchev–Trinajstić information content (AvgIpc) is 3.76. The molecule has 0 bridgehead atoms. The second-order valence-electron chi connectivity index (χ2n) is 10.2. The molecule has 194 valence electrons. The Bertz CT molecular complexity index is 2480. The molecule has 0 fully saturated rings. The minimum Gasteiger partial charge on any atom is -0.276 e. The van der Waals surface area contributed by atoms with Gasteiger partial charge in [0.2, 0.25) is 11.6 Å². The van der Waals surface area contributed by atoms with Crippen molar-refractivity contribution in [1.82, 2.24) is 27.9 Å². The van der Waals surface area contributed by atoms with Crippen molar-refractivity contribution < 1.29 is 0 Å². The Kier molecular flexibility index (Phi) is 4.31. The standard InChI is InChI=1S/C34H18N8/c35-19-21-17-31(41-29-15-7-5-13-27(29)39-25-11-3-1-9-23(25)37-33(39)41)32(18-22(21)20-36)42-30-16-8-6-14-28(30)40-26-12-4-2-10-24(26)38-34(40)42/h1-18H. The monoisotopic (exact) mass is 538 g/mol. The molecule has 0 aliphatic carbocycles. The number of imidazole rings is 4. The van der Waals surface area contributed by atoms with Crippen molar-refractivity contribution in [2.45, 2.75) is 0 Å². The summed E-state index contributed by atoms with van der Waals surface area (Å²) in [6.07, 6.45) is 0. The summed E-state index contributed by atoms with van der Waals surface area (Å²) in [7, 11) is 0. The lowest BCUT2D eigenvalue weighted by molar-refractivity contribution is 1.04. The number of benzene rings is 5. The van der Waals surface area contributed by atoms with E-state index >= 15 is 0 Å². The lowest BCUT2D eigenvalue weighted by Crippen LogP contribution is -2.06. The average molecular weight is 539 g/mol. The normalized spacial score (nSPS) is 11.8. The van der Waals surface area contributed by atoms with E-state index in [0.717, 1.165) is 55.5 Å². The Morgan fingerprint density at radius 3 is 1.21 bits per heavy atom. The van der Waals surface area contributed by atoms with Crippen LogP contribution in [0.5, 0.6) is 0 Å². The Labute approximate surface area is 237 Å². The van der Waals surface area contributed by atoms with Crippen molar-refractivity contribution in [3.05, 3.63) is 120 Å². The van der Waals surface area contributed by atoms with E-state index in [1.54, 1.807) is 12.1 Å². The molecule has 0 saturated heterocycles. The van der Waals surface area contributed by atoms with Crippen LogP contribution in [0.3, 0.4) is 0 Å². The van der Waals surface area contributed by atoms with Gasteiger partial charge in [-0.15, -0.1) is 0 Å². The summed E-state index contributed by atoms with van der Waals surface area (Å²) in [4.78, 5) is 10.1. The second kappa shape index (κ2) is 8.07. The highest BCUT2D eigenvalue weighted by Gasteiger charge is 2.24. The molecule has 0 aliphatic rings. The molecule has 5 aromatic carbocycles. The number of para-hydroxylation sites is 8. The van der Waals surface area contributed by atoms with E-state index in [-0.39, 0.29) is 0 Å². The highest BCUT2D eigenvalue weighted by Crippen LogP contribution is 2.36. The Morgan fingerprint density at radius 1 is 0.452 bits per heavy atom. The van der Waals surface area contributed by atoms with Crippen LogP contribution < -0.4 is 0 Å². The van der Waals surface area contributed by atoms with E-state index in [1.165, 1.54) is 0 Å². The fraction of sp³-hybridized carbons (Fsp3) is 0. The summed E-state index contributed by atoms with van der Waals surface area (Å²) in [5, 5.41) is 20.2. The maximum absolute atomic E-state index is 10.1. The molecule has 0 aliphatic heterocycles. The van der Waals surface area contributed by atoms with Crippen LogP contribution in [-0.4, -0.2) is 27.9 Å². The van der Waals surface area contributed by atoms with Crippen LogP contribution in [0.4, 0.5) is 0 Å². The summed E-state index contributed by atoms with van der Waals surface area (Å²) in [6.45, 7) is 0. The van der Waals surface area contributed by atoms with Crippen molar-refractivity contribution in [2.24, 2.45) is 0 Å². The van der Waals surface area contributed by atoms with Gasteiger partial charge in [-0.3, -0.25) is 17.9 Å². The number of fused-ring (bicyclic) bond motifs is 10. The van der Waals surface area contributed by atoms with Gasteiger partial charge in [-0.2, -0.15) is 10.5 Å². The highest BCUT2D eigenvalue weighted by molar-refractivity contribution is 5.95. The fourth-order valence-electron chi connectivity index (χ4n) is 6.30. The Hall–Kier alpha value is -6.38. The van der Waals surface area contributed by atoms with E-state index in [0.29, 0.717) is 22.7 Å². The molecule has 4 heterocycles. The van der Waals surface area contributed by atoms with E-state index in [9.17, 15) is 10.5 Å². The number of nitriles is 2. The van der Waals surface area contributed by atoms with E-state index in [4.69, 9.17) is 9.97 Å². The van der Waals surface area contributed by atoms with E-state index in [2.05, 4.69) is 66.5 Å². The van der Waals surface area contributed by atoms with E-state index in [1.807, 2.05) is 60.7 Å². The Balaban J connectivity index is 1.51. The van der Waals surface area contributed by atoms with Gasteiger partial charge in [0, 0.05) is 0 Å². The van der Waals surface area contributed by atoms with Crippen molar-refractivity contribution in [2.75, 3.05) is 0 Å². The third-order valence-electron chi connectivity index (χ3n) is 8.05. The summed E-state index contributed by atoms with van der Waals surface area (Å²) in [5.74, 6) is 1.43. The summed E-state index contributed by atoms with van der Waals surface area (Å²) in [6, 6.07) is 40.5. The molecule has 0 spiro atoms. The molecule has 4 aromatic heterocycles. The molecule has 9 rings (SSSR count). The first kappa shape index (κ1) is 22.4. The molecule has 0 N–H and O–H groups in total. The number of nitrogens with zero attached hydrogens (tertiary/aromatic N) is 8. The van der Waals surface area contributed by atoms with Gasteiger partial charge in [0.05, 0.1) is 66.6 Å². The van der Waals surface area contributed by atoms with Crippen molar-refractivity contribution >= 4 is 55.7 Å². The highest BCUT2D eigenvalue weighted by atomic mass is 15.3. The molecular formula is C34H18N8. The zero-order valence-electron chi connectivity index (χ0n) is 22.0. The van der Waals surface area contributed by atoms with Gasteiger partial charge in [0.15, 0.2) is 0 Å². The van der Waals surface area contributed by atoms with Crippen molar-refractivity contribution in [3.8, 4) is 23.5 Å². The second-order valence-corrected chi connectivity index (χ2v) is 10.2. The molecule has 0 saturated carbocycles. The molecule has 8 nitrogen and oxygen atoms in total. The largest absolute Gasteiger partial charge is 0.276 e. The van der Waals surface area contributed by atoms with Gasteiger partial charge in [-0.25, -0.2) is 9.97 Å². The van der Waals surface area contributed by atoms with Gasteiger partial charge >= 0.3 is 0 Å². The molecule has 0 amide bonds. The zero-order valence-corrected chi connectivity index (χ0v) is 22.0. The molecule has 9 aromatic rings. The predicted octanol–water partition coefficient (Wildman–Crippen LogP) is 6.92. The maximum Gasteiger partial charge on any atom is 0.220 e. The number of hydrogen-bond donors (Lipinski definition) is 0. The lowest BCUT2D eigenvalue weighted by atomic mass is 10.1. The van der Waals surface area contributed by atoms with Gasteiger partial charge < -0.3 is 0 Å². The quantitative estimate of drug-likeness (QED) is 0.239. The van der Waals surface area contributed by atoms with Gasteiger partial charge in [0.25, 0.3) is 0 Å². The lowest BCUT2D eigenvalue weighted by Gasteiger charge is -2.15. The van der Waals surface area contributed by atoms with Crippen LogP contribution in [0.1, 0.15) is 11.1 Å².